The van der Waals surface area contributed by atoms with E-state index in [0.717, 1.165) is 5.52 Å². The molecule has 3 nitrogen and oxygen atoms in total. The van der Waals surface area contributed by atoms with E-state index in [-0.39, 0.29) is 18.8 Å². The number of carboxylic acid groups (broad SMARTS) is 1. The van der Waals surface area contributed by atoms with Gasteiger partial charge in [-0.15, -0.1) is 0 Å². The lowest BCUT2D eigenvalue weighted by atomic mass is 10.2. The van der Waals surface area contributed by atoms with E-state index in [9.17, 15) is 9.18 Å². The van der Waals surface area contributed by atoms with Crippen molar-refractivity contribution in [2.75, 3.05) is 0 Å². The molecule has 0 radical (unpaired) electrons. The van der Waals surface area contributed by atoms with Gasteiger partial charge in [-0.1, -0.05) is 11.6 Å². The van der Waals surface area contributed by atoms with Gasteiger partial charge >= 0.3 is 5.97 Å². The van der Waals surface area contributed by atoms with Crippen molar-refractivity contribution in [2.45, 2.75) is 13.0 Å². The van der Waals surface area contributed by atoms with Gasteiger partial charge in [0.15, 0.2) is 0 Å². The number of benzene rings is 1. The van der Waals surface area contributed by atoms with Gasteiger partial charge in [-0.2, -0.15) is 0 Å². The molecule has 0 fully saturated rings. The predicted molar refractivity (Wildman–Crippen MR) is 59.2 cm³/mol. The Morgan fingerprint density at radius 1 is 1.44 bits per heavy atom. The first-order valence-electron chi connectivity index (χ1n) is 4.74. The largest absolute Gasteiger partial charge is 0.481 e. The van der Waals surface area contributed by atoms with Crippen LogP contribution >= 0.6 is 11.6 Å². The molecule has 16 heavy (non-hydrogen) atoms. The van der Waals surface area contributed by atoms with Crippen molar-refractivity contribution in [3.63, 3.8) is 0 Å². The monoisotopic (exact) mass is 241 g/mol. The summed E-state index contributed by atoms with van der Waals surface area (Å²) in [4.78, 5) is 10.5. The molecular formula is C11H9ClFNO2. The molecule has 0 bridgehead atoms. The number of rotatable bonds is 3. The van der Waals surface area contributed by atoms with Crippen LogP contribution in [0.25, 0.3) is 10.9 Å². The van der Waals surface area contributed by atoms with Gasteiger partial charge in [0.25, 0.3) is 0 Å². The van der Waals surface area contributed by atoms with Gasteiger partial charge in [0.05, 0.1) is 6.42 Å². The smallest absolute Gasteiger partial charge is 0.305 e. The maximum Gasteiger partial charge on any atom is 0.305 e. The Kier molecular flexibility index (Phi) is 2.83. The van der Waals surface area contributed by atoms with Crippen LogP contribution in [0.5, 0.6) is 0 Å². The summed E-state index contributed by atoms with van der Waals surface area (Å²) >= 11 is 5.95. The van der Waals surface area contributed by atoms with Crippen LogP contribution < -0.4 is 0 Å². The summed E-state index contributed by atoms with van der Waals surface area (Å²) in [5.41, 5.74) is 0.743. The number of carbonyl (C=O) groups is 1. The minimum absolute atomic E-state index is 0.0130. The standard InChI is InChI=1S/C11H9ClFNO2/c12-10-6-7-5-8(13)1-2-9(7)14(10)4-3-11(15)16/h1-2,5-6H,3-4H2,(H,15,16). The molecule has 0 saturated carbocycles. The normalized spacial score (nSPS) is 10.9. The van der Waals surface area contributed by atoms with E-state index in [1.54, 1.807) is 16.7 Å². The Bertz CT molecular complexity index is 550. The molecular weight excluding hydrogens is 233 g/mol. The lowest BCUT2D eigenvalue weighted by Crippen LogP contribution is -2.04. The van der Waals surface area contributed by atoms with Crippen molar-refractivity contribution in [3.8, 4) is 0 Å². The van der Waals surface area contributed by atoms with Crippen LogP contribution in [-0.4, -0.2) is 15.6 Å². The van der Waals surface area contributed by atoms with Crippen LogP contribution in [0.3, 0.4) is 0 Å². The Labute approximate surface area is 96.1 Å². The first-order valence-corrected chi connectivity index (χ1v) is 5.12. The summed E-state index contributed by atoms with van der Waals surface area (Å²) in [7, 11) is 0. The first-order chi connectivity index (χ1) is 7.58. The highest BCUT2D eigenvalue weighted by atomic mass is 35.5. The average Bonchev–Trinajstić information content (AvgIpc) is 2.50. The van der Waals surface area contributed by atoms with Gasteiger partial charge in [0, 0.05) is 17.4 Å². The number of fused-ring (bicyclic) bond motifs is 1. The molecule has 0 amide bonds. The van der Waals surface area contributed by atoms with E-state index in [0.29, 0.717) is 10.5 Å². The third-order valence-corrected chi connectivity index (χ3v) is 2.68. The highest BCUT2D eigenvalue weighted by Gasteiger charge is 2.08. The van der Waals surface area contributed by atoms with E-state index >= 15 is 0 Å². The zero-order valence-corrected chi connectivity index (χ0v) is 9.04. The molecule has 1 heterocycles. The van der Waals surface area contributed by atoms with Gasteiger partial charge in [0.2, 0.25) is 0 Å². The van der Waals surface area contributed by atoms with Crippen molar-refractivity contribution < 1.29 is 14.3 Å². The van der Waals surface area contributed by atoms with Gasteiger partial charge in [-0.05, 0) is 24.3 Å². The number of aryl methyl sites for hydroxylation is 1. The number of hydrogen-bond donors (Lipinski definition) is 1. The summed E-state index contributed by atoms with van der Waals surface area (Å²) in [5.74, 6) is -1.22. The molecule has 1 N–H and O–H groups in total. The lowest BCUT2D eigenvalue weighted by Gasteiger charge is -2.04. The quantitative estimate of drug-likeness (QED) is 0.898. The van der Waals surface area contributed by atoms with Crippen LogP contribution in [-0.2, 0) is 11.3 Å². The molecule has 2 aromatic rings. The molecule has 0 saturated heterocycles. The molecule has 0 spiro atoms. The summed E-state index contributed by atoms with van der Waals surface area (Å²) in [6.07, 6.45) is -0.0130. The Morgan fingerprint density at radius 2 is 2.19 bits per heavy atom. The number of halogens is 2. The zero-order valence-electron chi connectivity index (χ0n) is 8.28. The van der Waals surface area contributed by atoms with Gasteiger partial charge in [-0.25, -0.2) is 4.39 Å². The topological polar surface area (TPSA) is 42.2 Å². The number of aromatic nitrogens is 1. The SMILES string of the molecule is O=C(O)CCn1c(Cl)cc2cc(F)ccc21. The fourth-order valence-electron chi connectivity index (χ4n) is 1.64. The van der Waals surface area contributed by atoms with Crippen LogP contribution in [0, 0.1) is 5.82 Å². The van der Waals surface area contributed by atoms with E-state index in [2.05, 4.69) is 0 Å². The first kappa shape index (κ1) is 11.0. The molecule has 0 aliphatic carbocycles. The van der Waals surface area contributed by atoms with E-state index in [1.165, 1.54) is 12.1 Å². The molecule has 1 aromatic carbocycles. The minimum Gasteiger partial charge on any atom is -0.481 e. The summed E-state index contributed by atoms with van der Waals surface area (Å²) in [6, 6.07) is 5.93. The second kappa shape index (κ2) is 4.14. The Hall–Kier alpha value is -1.55. The fourth-order valence-corrected chi connectivity index (χ4v) is 1.94. The number of nitrogens with zero attached hydrogens (tertiary/aromatic N) is 1. The van der Waals surface area contributed by atoms with Crippen LogP contribution in [0.1, 0.15) is 6.42 Å². The predicted octanol–water partition coefficient (Wildman–Crippen LogP) is 2.91. The molecule has 0 aliphatic rings. The third-order valence-electron chi connectivity index (χ3n) is 2.36. The molecule has 0 atom stereocenters. The highest BCUT2D eigenvalue weighted by molar-refractivity contribution is 6.30. The van der Waals surface area contributed by atoms with E-state index in [1.807, 2.05) is 0 Å². The van der Waals surface area contributed by atoms with Crippen molar-refractivity contribution in [3.05, 3.63) is 35.2 Å². The van der Waals surface area contributed by atoms with Gasteiger partial charge in [0.1, 0.15) is 11.0 Å². The molecule has 1 aromatic heterocycles. The lowest BCUT2D eigenvalue weighted by molar-refractivity contribution is -0.137. The highest BCUT2D eigenvalue weighted by Crippen LogP contribution is 2.24. The Balaban J connectivity index is 2.43. The summed E-state index contributed by atoms with van der Waals surface area (Å²) in [6.45, 7) is 0.281. The van der Waals surface area contributed by atoms with Crippen LogP contribution in [0.4, 0.5) is 4.39 Å². The van der Waals surface area contributed by atoms with Gasteiger partial charge in [-0.3, -0.25) is 4.79 Å². The Morgan fingerprint density at radius 3 is 2.88 bits per heavy atom. The summed E-state index contributed by atoms with van der Waals surface area (Å²) < 4.78 is 14.6. The van der Waals surface area contributed by atoms with Gasteiger partial charge < -0.3 is 9.67 Å². The van der Waals surface area contributed by atoms with Crippen molar-refractivity contribution in [2.24, 2.45) is 0 Å². The van der Waals surface area contributed by atoms with Crippen molar-refractivity contribution in [1.29, 1.82) is 0 Å². The summed E-state index contributed by atoms with van der Waals surface area (Å²) in [5, 5.41) is 9.70. The molecule has 5 heteroatoms. The van der Waals surface area contributed by atoms with E-state index in [4.69, 9.17) is 16.7 Å². The van der Waals surface area contributed by atoms with Crippen molar-refractivity contribution in [1.82, 2.24) is 4.57 Å². The molecule has 0 aliphatic heterocycles. The second-order valence-corrected chi connectivity index (χ2v) is 3.85. The van der Waals surface area contributed by atoms with E-state index < -0.39 is 5.97 Å². The third kappa shape index (κ3) is 2.02. The number of carboxylic acids is 1. The zero-order chi connectivity index (χ0) is 11.7. The van der Waals surface area contributed by atoms with Crippen LogP contribution in [0.15, 0.2) is 24.3 Å². The van der Waals surface area contributed by atoms with Crippen LogP contribution in [0.2, 0.25) is 5.15 Å². The maximum atomic E-state index is 12.9. The maximum absolute atomic E-state index is 12.9. The van der Waals surface area contributed by atoms with Crippen molar-refractivity contribution >= 4 is 28.5 Å². The number of aliphatic carboxylic acids is 1. The molecule has 84 valence electrons. The molecule has 2 rings (SSSR count). The number of hydrogen-bond acceptors (Lipinski definition) is 1. The fraction of sp³-hybridized carbons (Fsp3) is 0.182. The molecule has 0 unspecified atom stereocenters. The minimum atomic E-state index is -0.889. The second-order valence-electron chi connectivity index (χ2n) is 3.47. The average molecular weight is 242 g/mol.